The molecule has 0 fully saturated rings. The molecule has 0 spiro atoms. The summed E-state index contributed by atoms with van der Waals surface area (Å²) in [5.74, 6) is 0.595. The Labute approximate surface area is 139 Å². The van der Waals surface area contributed by atoms with Gasteiger partial charge in [0, 0.05) is 5.39 Å². The number of nitrogens with zero attached hydrogens (tertiary/aromatic N) is 2. The van der Waals surface area contributed by atoms with Gasteiger partial charge in [0.25, 0.3) is 0 Å². The maximum Gasteiger partial charge on any atom is 0.222 e. The Bertz CT molecular complexity index is 1030. The second kappa shape index (κ2) is 5.66. The van der Waals surface area contributed by atoms with Crippen LogP contribution < -0.4 is 11.5 Å². The predicted octanol–water partition coefficient (Wildman–Crippen LogP) is 4.13. The normalized spacial score (nSPS) is 10.8. The first-order valence-corrected chi connectivity index (χ1v) is 7.69. The molecule has 0 aliphatic carbocycles. The van der Waals surface area contributed by atoms with Gasteiger partial charge >= 0.3 is 0 Å². The van der Waals surface area contributed by atoms with Crippen LogP contribution in [0.5, 0.6) is 0 Å². The summed E-state index contributed by atoms with van der Waals surface area (Å²) in [4.78, 5) is 8.29. The van der Waals surface area contributed by atoms with E-state index in [-0.39, 0.29) is 5.95 Å². The molecule has 116 valence electrons. The molecule has 0 bridgehead atoms. The van der Waals surface area contributed by atoms with Crippen molar-refractivity contribution in [2.45, 2.75) is 0 Å². The quantitative estimate of drug-likeness (QED) is 0.583. The minimum atomic E-state index is 0.190. The van der Waals surface area contributed by atoms with Gasteiger partial charge in [-0.25, -0.2) is 4.98 Å². The molecule has 0 radical (unpaired) electrons. The molecule has 0 aliphatic rings. The van der Waals surface area contributed by atoms with Gasteiger partial charge in [-0.1, -0.05) is 54.6 Å². The van der Waals surface area contributed by atoms with Gasteiger partial charge in [-0.15, -0.1) is 0 Å². The molecule has 4 rings (SSSR count). The molecule has 1 heterocycles. The van der Waals surface area contributed by atoms with Crippen molar-refractivity contribution in [2.24, 2.45) is 0 Å². The summed E-state index contributed by atoms with van der Waals surface area (Å²) in [6, 6.07) is 24.7. The van der Waals surface area contributed by atoms with Gasteiger partial charge in [-0.3, -0.25) is 0 Å². The molecular weight excluding hydrogens is 296 g/mol. The third-order valence-electron chi connectivity index (χ3n) is 4.05. The van der Waals surface area contributed by atoms with Crippen LogP contribution in [-0.4, -0.2) is 9.97 Å². The van der Waals surface area contributed by atoms with Crippen molar-refractivity contribution in [3.8, 4) is 22.3 Å². The number of aromatic nitrogens is 2. The van der Waals surface area contributed by atoms with E-state index in [9.17, 15) is 0 Å². The molecule has 0 amide bonds. The summed E-state index contributed by atoms with van der Waals surface area (Å²) in [6.45, 7) is 0. The van der Waals surface area contributed by atoms with E-state index in [1.165, 1.54) is 11.1 Å². The zero-order valence-corrected chi connectivity index (χ0v) is 13.0. The number of hydrogen-bond donors (Lipinski definition) is 2. The number of hydrogen-bond acceptors (Lipinski definition) is 4. The first-order chi connectivity index (χ1) is 11.7. The van der Waals surface area contributed by atoms with Crippen LogP contribution in [0.25, 0.3) is 33.2 Å². The van der Waals surface area contributed by atoms with Crippen molar-refractivity contribution >= 4 is 22.7 Å². The summed E-state index contributed by atoms with van der Waals surface area (Å²) in [5.41, 5.74) is 16.9. The molecule has 0 atom stereocenters. The standard InChI is InChI=1S/C20H16N4/c21-19-17-10-9-16(12-18(17)23-20(22)24-19)15-8-4-7-14(11-15)13-5-2-1-3-6-13/h1-12H,(H4,21,22,23,24). The molecule has 3 aromatic carbocycles. The van der Waals surface area contributed by atoms with E-state index in [2.05, 4.69) is 46.4 Å². The molecule has 0 saturated carbocycles. The van der Waals surface area contributed by atoms with E-state index in [0.717, 1.165) is 22.0 Å². The average Bonchev–Trinajstić information content (AvgIpc) is 2.62. The Kier molecular flexibility index (Phi) is 3.35. The molecule has 1 aromatic heterocycles. The van der Waals surface area contributed by atoms with Crippen molar-refractivity contribution in [3.63, 3.8) is 0 Å². The van der Waals surface area contributed by atoms with Gasteiger partial charge in [0.2, 0.25) is 5.95 Å². The van der Waals surface area contributed by atoms with E-state index < -0.39 is 0 Å². The van der Waals surface area contributed by atoms with Crippen molar-refractivity contribution in [3.05, 3.63) is 72.8 Å². The molecule has 4 aromatic rings. The Hall–Kier alpha value is -3.40. The number of anilines is 2. The van der Waals surface area contributed by atoms with Gasteiger partial charge in [0.1, 0.15) is 5.82 Å². The van der Waals surface area contributed by atoms with Crippen LogP contribution in [0.4, 0.5) is 11.8 Å². The van der Waals surface area contributed by atoms with E-state index in [4.69, 9.17) is 11.5 Å². The van der Waals surface area contributed by atoms with Crippen LogP contribution in [0.2, 0.25) is 0 Å². The van der Waals surface area contributed by atoms with Crippen molar-refractivity contribution in [2.75, 3.05) is 11.5 Å². The monoisotopic (exact) mass is 312 g/mol. The molecule has 24 heavy (non-hydrogen) atoms. The van der Waals surface area contributed by atoms with Gasteiger partial charge in [-0.2, -0.15) is 4.98 Å². The topological polar surface area (TPSA) is 77.8 Å². The lowest BCUT2D eigenvalue weighted by atomic mass is 9.98. The van der Waals surface area contributed by atoms with E-state index in [0.29, 0.717) is 5.82 Å². The highest BCUT2D eigenvalue weighted by Gasteiger charge is 2.06. The molecule has 0 unspecified atom stereocenters. The van der Waals surface area contributed by atoms with Crippen LogP contribution in [-0.2, 0) is 0 Å². The largest absolute Gasteiger partial charge is 0.383 e. The molecular formula is C20H16N4. The van der Waals surface area contributed by atoms with Crippen LogP contribution in [0.3, 0.4) is 0 Å². The summed E-state index contributed by atoms with van der Waals surface area (Å²) >= 11 is 0. The van der Waals surface area contributed by atoms with Crippen LogP contribution in [0.15, 0.2) is 72.8 Å². The van der Waals surface area contributed by atoms with E-state index >= 15 is 0 Å². The lowest BCUT2D eigenvalue weighted by molar-refractivity contribution is 1.25. The second-order valence-electron chi connectivity index (χ2n) is 5.65. The molecule has 0 aliphatic heterocycles. The number of rotatable bonds is 2. The summed E-state index contributed by atoms with van der Waals surface area (Å²) in [7, 11) is 0. The predicted molar refractivity (Wildman–Crippen MR) is 99.2 cm³/mol. The molecule has 4 N–H and O–H groups in total. The van der Waals surface area contributed by atoms with Crippen molar-refractivity contribution in [1.82, 2.24) is 9.97 Å². The number of fused-ring (bicyclic) bond motifs is 1. The SMILES string of the molecule is Nc1nc(N)c2ccc(-c3cccc(-c4ccccc4)c3)cc2n1. The third kappa shape index (κ3) is 2.54. The van der Waals surface area contributed by atoms with Gasteiger partial charge < -0.3 is 11.5 Å². The Morgan fingerprint density at radius 3 is 2.04 bits per heavy atom. The minimum Gasteiger partial charge on any atom is -0.383 e. The summed E-state index contributed by atoms with van der Waals surface area (Å²) in [6.07, 6.45) is 0. The maximum atomic E-state index is 5.91. The minimum absolute atomic E-state index is 0.190. The lowest BCUT2D eigenvalue weighted by Crippen LogP contribution is -2.00. The zero-order valence-electron chi connectivity index (χ0n) is 13.0. The first-order valence-electron chi connectivity index (χ1n) is 7.69. The zero-order chi connectivity index (χ0) is 16.5. The van der Waals surface area contributed by atoms with Crippen LogP contribution in [0, 0.1) is 0 Å². The number of nitrogen functional groups attached to an aromatic ring is 2. The highest BCUT2D eigenvalue weighted by atomic mass is 15.0. The maximum absolute atomic E-state index is 5.91. The fraction of sp³-hybridized carbons (Fsp3) is 0. The Morgan fingerprint density at radius 2 is 1.25 bits per heavy atom. The lowest BCUT2D eigenvalue weighted by Gasteiger charge is -2.08. The first kappa shape index (κ1) is 14.2. The van der Waals surface area contributed by atoms with Crippen LogP contribution >= 0.6 is 0 Å². The van der Waals surface area contributed by atoms with Gasteiger partial charge in [-0.05, 0) is 40.5 Å². The number of benzene rings is 3. The Morgan fingerprint density at radius 1 is 0.583 bits per heavy atom. The number of nitrogens with two attached hydrogens (primary N) is 2. The highest BCUT2D eigenvalue weighted by molar-refractivity contribution is 5.92. The van der Waals surface area contributed by atoms with E-state index in [1.54, 1.807) is 0 Å². The molecule has 4 nitrogen and oxygen atoms in total. The van der Waals surface area contributed by atoms with Crippen LogP contribution in [0.1, 0.15) is 0 Å². The third-order valence-corrected chi connectivity index (χ3v) is 4.05. The van der Waals surface area contributed by atoms with Gasteiger partial charge in [0.05, 0.1) is 5.52 Å². The second-order valence-corrected chi connectivity index (χ2v) is 5.65. The molecule has 0 saturated heterocycles. The van der Waals surface area contributed by atoms with E-state index in [1.807, 2.05) is 36.4 Å². The highest BCUT2D eigenvalue weighted by Crippen LogP contribution is 2.29. The fourth-order valence-corrected chi connectivity index (χ4v) is 2.86. The van der Waals surface area contributed by atoms with Gasteiger partial charge in [0.15, 0.2) is 0 Å². The summed E-state index contributed by atoms with van der Waals surface area (Å²) in [5, 5.41) is 0.812. The van der Waals surface area contributed by atoms with Crippen molar-refractivity contribution < 1.29 is 0 Å². The average molecular weight is 312 g/mol. The van der Waals surface area contributed by atoms with Crippen molar-refractivity contribution in [1.29, 1.82) is 0 Å². The fourth-order valence-electron chi connectivity index (χ4n) is 2.86. The Balaban J connectivity index is 1.83. The summed E-state index contributed by atoms with van der Waals surface area (Å²) < 4.78 is 0. The molecule has 4 heteroatoms. The smallest absolute Gasteiger partial charge is 0.222 e.